The fraction of sp³-hybridized carbons (Fsp3) is 0.154. The first-order chi connectivity index (χ1) is 7.74. The Morgan fingerprint density at radius 1 is 1.31 bits per heavy atom. The molecule has 3 nitrogen and oxygen atoms in total. The van der Waals surface area contributed by atoms with Crippen LogP contribution in [0.2, 0.25) is 0 Å². The molecule has 83 valence electrons. The number of hydrogen-bond donors (Lipinski definition) is 0. The summed E-state index contributed by atoms with van der Waals surface area (Å²) in [5, 5.41) is 0. The van der Waals surface area contributed by atoms with Crippen LogP contribution in [0.5, 0.6) is 0 Å². The standard InChI is InChI=1S/C13H13O3/c1-11(16-10-14)6-5-9-13(15)12-7-3-2-4-8-12/h2-11H,1H3/t11-/m0/s1. The first kappa shape index (κ1) is 12.4. The summed E-state index contributed by atoms with van der Waals surface area (Å²) < 4.78 is 4.63. The Labute approximate surface area is 95.4 Å². The molecule has 1 aromatic rings. The van der Waals surface area contributed by atoms with E-state index < -0.39 is 0 Å². The number of carbonyl (C=O) groups is 2. The Morgan fingerprint density at radius 3 is 2.62 bits per heavy atom. The molecule has 1 aromatic carbocycles. The van der Waals surface area contributed by atoms with Crippen LogP contribution >= 0.6 is 0 Å². The van der Waals surface area contributed by atoms with Crippen LogP contribution in [0.1, 0.15) is 17.3 Å². The number of hydrogen-bond acceptors (Lipinski definition) is 3. The molecule has 16 heavy (non-hydrogen) atoms. The van der Waals surface area contributed by atoms with Crippen LogP contribution < -0.4 is 0 Å². The van der Waals surface area contributed by atoms with Crippen molar-refractivity contribution in [3.05, 3.63) is 55.2 Å². The van der Waals surface area contributed by atoms with Crippen molar-refractivity contribution >= 4 is 12.3 Å². The van der Waals surface area contributed by atoms with E-state index in [0.29, 0.717) is 12.0 Å². The van der Waals surface area contributed by atoms with Crippen molar-refractivity contribution in [2.24, 2.45) is 0 Å². The summed E-state index contributed by atoms with van der Waals surface area (Å²) in [6.07, 6.45) is 4.34. The lowest BCUT2D eigenvalue weighted by atomic mass is 10.0. The first-order valence-corrected chi connectivity index (χ1v) is 4.94. The number of benzene rings is 1. The molecule has 0 saturated heterocycles. The van der Waals surface area contributed by atoms with Crippen LogP contribution in [0.25, 0.3) is 0 Å². The smallest absolute Gasteiger partial charge is 0.293 e. The fourth-order valence-electron chi connectivity index (χ4n) is 1.13. The van der Waals surface area contributed by atoms with Crippen LogP contribution in [0, 0.1) is 19.3 Å². The Kier molecular flexibility index (Phi) is 5.26. The van der Waals surface area contributed by atoms with Crippen molar-refractivity contribution < 1.29 is 14.3 Å². The predicted molar refractivity (Wildman–Crippen MR) is 60.3 cm³/mol. The molecular weight excluding hydrogens is 204 g/mol. The van der Waals surface area contributed by atoms with Crippen molar-refractivity contribution in [3.8, 4) is 0 Å². The minimum Gasteiger partial charge on any atom is -0.465 e. The highest BCUT2D eigenvalue weighted by Crippen LogP contribution is 2.06. The van der Waals surface area contributed by atoms with Crippen molar-refractivity contribution in [2.75, 3.05) is 0 Å². The molecule has 0 aromatic heterocycles. The van der Waals surface area contributed by atoms with Gasteiger partial charge in [-0.15, -0.1) is 0 Å². The van der Waals surface area contributed by atoms with E-state index in [2.05, 4.69) is 4.74 Å². The van der Waals surface area contributed by atoms with Gasteiger partial charge >= 0.3 is 0 Å². The zero-order valence-corrected chi connectivity index (χ0v) is 9.00. The number of carbonyl (C=O) groups excluding carboxylic acids is 2. The maximum absolute atomic E-state index is 11.6. The largest absolute Gasteiger partial charge is 0.465 e. The van der Waals surface area contributed by atoms with Gasteiger partial charge in [-0.2, -0.15) is 0 Å². The van der Waals surface area contributed by atoms with Gasteiger partial charge in [0.25, 0.3) is 6.47 Å². The molecule has 0 heterocycles. The normalized spacial score (nSPS) is 11.8. The summed E-state index contributed by atoms with van der Waals surface area (Å²) in [6, 6.07) is 8.97. The molecule has 0 aliphatic heterocycles. The average Bonchev–Trinajstić information content (AvgIpc) is 2.30. The Balaban J connectivity index is 2.28. The number of rotatable bonds is 7. The van der Waals surface area contributed by atoms with E-state index in [-0.39, 0.29) is 11.9 Å². The van der Waals surface area contributed by atoms with E-state index in [0.717, 1.165) is 0 Å². The van der Waals surface area contributed by atoms with Gasteiger partial charge in [-0.1, -0.05) is 30.3 Å². The fourth-order valence-corrected chi connectivity index (χ4v) is 1.13. The Hall–Kier alpha value is -1.64. The summed E-state index contributed by atoms with van der Waals surface area (Å²) in [5.74, 6) is -0.0739. The summed E-state index contributed by atoms with van der Waals surface area (Å²) in [5.41, 5.74) is 0.635. The van der Waals surface area contributed by atoms with E-state index in [1.807, 2.05) is 18.2 Å². The third-order valence-corrected chi connectivity index (χ3v) is 1.96. The first-order valence-electron chi connectivity index (χ1n) is 4.94. The van der Waals surface area contributed by atoms with Crippen LogP contribution in [-0.4, -0.2) is 18.4 Å². The Morgan fingerprint density at radius 2 is 2.00 bits per heavy atom. The van der Waals surface area contributed by atoms with Gasteiger partial charge in [0.05, 0.1) is 0 Å². The van der Waals surface area contributed by atoms with Gasteiger partial charge in [-0.05, 0) is 13.3 Å². The highest BCUT2D eigenvalue weighted by atomic mass is 16.5. The molecule has 1 rings (SSSR count). The molecule has 0 fully saturated rings. The monoisotopic (exact) mass is 217 g/mol. The summed E-state index contributed by atoms with van der Waals surface area (Å²) in [7, 11) is 0. The minimum absolute atomic E-state index is 0.0739. The quantitative estimate of drug-likeness (QED) is 0.518. The molecule has 0 saturated carbocycles. The SMILES string of the molecule is C[C@@H]([CH][CH][CH]C(=O)c1ccccc1)OC=O. The summed E-state index contributed by atoms with van der Waals surface area (Å²) in [4.78, 5) is 21.6. The maximum Gasteiger partial charge on any atom is 0.293 e. The van der Waals surface area contributed by atoms with Crippen LogP contribution in [0.15, 0.2) is 30.3 Å². The minimum atomic E-state index is -0.322. The second-order valence-electron chi connectivity index (χ2n) is 3.22. The molecule has 0 aliphatic rings. The molecule has 0 bridgehead atoms. The van der Waals surface area contributed by atoms with E-state index in [1.165, 1.54) is 6.42 Å². The zero-order valence-electron chi connectivity index (χ0n) is 9.00. The van der Waals surface area contributed by atoms with Gasteiger partial charge in [0.1, 0.15) is 6.10 Å². The number of ketones is 1. The third-order valence-electron chi connectivity index (χ3n) is 1.96. The molecule has 0 amide bonds. The lowest BCUT2D eigenvalue weighted by Gasteiger charge is -2.07. The van der Waals surface area contributed by atoms with Crippen molar-refractivity contribution in [1.29, 1.82) is 0 Å². The number of Topliss-reactive ketones (excluding diaryl/α,β-unsaturated/α-hetero) is 1. The zero-order chi connectivity index (χ0) is 11.8. The van der Waals surface area contributed by atoms with Gasteiger partial charge in [0, 0.05) is 18.4 Å². The van der Waals surface area contributed by atoms with Gasteiger partial charge in [0.15, 0.2) is 5.78 Å². The molecule has 0 aliphatic carbocycles. The topological polar surface area (TPSA) is 43.4 Å². The van der Waals surface area contributed by atoms with E-state index in [9.17, 15) is 9.59 Å². The van der Waals surface area contributed by atoms with Gasteiger partial charge in [0.2, 0.25) is 0 Å². The second kappa shape index (κ2) is 6.77. The summed E-state index contributed by atoms with van der Waals surface area (Å²) in [6.45, 7) is 2.10. The molecule has 3 heteroatoms. The summed E-state index contributed by atoms with van der Waals surface area (Å²) >= 11 is 0. The predicted octanol–water partition coefficient (Wildman–Crippen LogP) is 2.04. The van der Waals surface area contributed by atoms with Crippen LogP contribution in [0.3, 0.4) is 0 Å². The second-order valence-corrected chi connectivity index (χ2v) is 3.22. The highest BCUT2D eigenvalue weighted by Gasteiger charge is 2.08. The molecule has 3 radical (unpaired) electrons. The van der Waals surface area contributed by atoms with Gasteiger partial charge < -0.3 is 4.74 Å². The molecule has 0 spiro atoms. The van der Waals surface area contributed by atoms with Crippen molar-refractivity contribution in [1.82, 2.24) is 0 Å². The van der Waals surface area contributed by atoms with Crippen LogP contribution in [0.4, 0.5) is 0 Å². The highest BCUT2D eigenvalue weighted by molar-refractivity contribution is 6.03. The van der Waals surface area contributed by atoms with E-state index in [1.54, 1.807) is 31.9 Å². The van der Waals surface area contributed by atoms with Crippen molar-refractivity contribution in [2.45, 2.75) is 13.0 Å². The Bertz CT molecular complexity index is 332. The van der Waals surface area contributed by atoms with E-state index >= 15 is 0 Å². The van der Waals surface area contributed by atoms with Gasteiger partial charge in [-0.3, -0.25) is 9.59 Å². The molecule has 1 atom stereocenters. The number of ether oxygens (including phenoxy) is 1. The van der Waals surface area contributed by atoms with Gasteiger partial charge in [-0.25, -0.2) is 0 Å². The average molecular weight is 217 g/mol. The maximum atomic E-state index is 11.6. The molecular formula is C13H13O3. The van der Waals surface area contributed by atoms with Crippen LogP contribution in [-0.2, 0) is 9.53 Å². The lowest BCUT2D eigenvalue weighted by Crippen LogP contribution is -2.09. The lowest BCUT2D eigenvalue weighted by molar-refractivity contribution is -0.131. The van der Waals surface area contributed by atoms with Crippen molar-refractivity contribution in [3.63, 3.8) is 0 Å². The third kappa shape index (κ3) is 4.26. The van der Waals surface area contributed by atoms with E-state index in [4.69, 9.17) is 0 Å². The molecule has 0 N–H and O–H groups in total. The molecule has 0 unspecified atom stereocenters.